The van der Waals surface area contributed by atoms with Crippen LogP contribution in [0.3, 0.4) is 0 Å². The van der Waals surface area contributed by atoms with E-state index in [1.807, 2.05) is 13.8 Å². The first-order chi connectivity index (χ1) is 15.9. The molecule has 0 fully saturated rings. The Morgan fingerprint density at radius 2 is 1.91 bits per heavy atom. The number of methoxy groups -OCH3 is 1. The molecule has 0 atom stereocenters. The largest absolute Gasteiger partial charge is 0.495 e. The highest BCUT2D eigenvalue weighted by atomic mass is 16.5. The average Bonchev–Trinajstić information content (AvgIpc) is 3.20. The number of nitrogen functional groups attached to an aromatic ring is 1. The van der Waals surface area contributed by atoms with Crippen LogP contribution >= 0.6 is 0 Å². The van der Waals surface area contributed by atoms with E-state index in [9.17, 15) is 9.59 Å². The van der Waals surface area contributed by atoms with Crippen molar-refractivity contribution in [3.63, 3.8) is 0 Å². The zero-order chi connectivity index (χ0) is 23.5. The predicted octanol–water partition coefficient (Wildman–Crippen LogP) is 3.71. The number of carbonyl (C=O) groups is 2. The molecular weight excluding hydrogens is 422 g/mol. The summed E-state index contributed by atoms with van der Waals surface area (Å²) in [4.78, 5) is 34.0. The SMILES string of the molecule is COc1ccccc1NC(=O)Nc1cncc(C(=O)c2cc(C(C)C)n3ncnc(N)c23)c1. The van der Waals surface area contributed by atoms with Crippen LogP contribution in [-0.2, 0) is 0 Å². The number of aromatic nitrogens is 4. The van der Waals surface area contributed by atoms with Gasteiger partial charge in [-0.2, -0.15) is 5.10 Å². The molecule has 0 saturated heterocycles. The summed E-state index contributed by atoms with van der Waals surface area (Å²) in [5.41, 5.74) is 8.86. The first kappa shape index (κ1) is 21.8. The number of anilines is 3. The molecule has 168 valence electrons. The van der Waals surface area contributed by atoms with Crippen molar-refractivity contribution in [3.05, 3.63) is 71.9 Å². The second kappa shape index (κ2) is 8.95. The van der Waals surface area contributed by atoms with Gasteiger partial charge in [0.25, 0.3) is 0 Å². The Morgan fingerprint density at radius 3 is 2.67 bits per heavy atom. The molecule has 0 spiro atoms. The fourth-order valence-electron chi connectivity index (χ4n) is 3.50. The molecule has 4 aromatic rings. The molecule has 4 rings (SSSR count). The van der Waals surface area contributed by atoms with Gasteiger partial charge in [0, 0.05) is 17.5 Å². The number of ketones is 1. The third-order valence-electron chi connectivity index (χ3n) is 5.06. The van der Waals surface area contributed by atoms with Crippen molar-refractivity contribution in [3.8, 4) is 5.75 Å². The highest BCUT2D eigenvalue weighted by molar-refractivity contribution is 6.15. The summed E-state index contributed by atoms with van der Waals surface area (Å²) in [7, 11) is 1.52. The number of amides is 2. The van der Waals surface area contributed by atoms with E-state index in [0.29, 0.717) is 28.2 Å². The van der Waals surface area contributed by atoms with Crippen molar-refractivity contribution in [1.29, 1.82) is 0 Å². The number of fused-ring (bicyclic) bond motifs is 1. The smallest absolute Gasteiger partial charge is 0.323 e. The number of benzene rings is 1. The molecule has 0 bridgehead atoms. The van der Waals surface area contributed by atoms with Crippen LogP contribution in [0.1, 0.15) is 41.4 Å². The van der Waals surface area contributed by atoms with Crippen molar-refractivity contribution in [2.24, 2.45) is 0 Å². The summed E-state index contributed by atoms with van der Waals surface area (Å²) in [5, 5.41) is 9.65. The van der Waals surface area contributed by atoms with E-state index in [1.165, 1.54) is 25.8 Å². The van der Waals surface area contributed by atoms with E-state index >= 15 is 0 Å². The molecule has 0 saturated carbocycles. The Morgan fingerprint density at radius 1 is 1.12 bits per heavy atom. The lowest BCUT2D eigenvalue weighted by molar-refractivity contribution is 0.104. The highest BCUT2D eigenvalue weighted by Gasteiger charge is 2.22. The first-order valence-electron chi connectivity index (χ1n) is 10.2. The number of hydrogen-bond donors (Lipinski definition) is 3. The van der Waals surface area contributed by atoms with Gasteiger partial charge in [-0.1, -0.05) is 26.0 Å². The maximum atomic E-state index is 13.4. The monoisotopic (exact) mass is 445 g/mol. The Hall–Kier alpha value is -4.47. The van der Waals surface area contributed by atoms with Gasteiger partial charge in [0.15, 0.2) is 11.6 Å². The lowest BCUT2D eigenvalue weighted by Gasteiger charge is -2.11. The highest BCUT2D eigenvalue weighted by Crippen LogP contribution is 2.27. The lowest BCUT2D eigenvalue weighted by atomic mass is 10.0. The Labute approximate surface area is 189 Å². The average molecular weight is 445 g/mol. The fraction of sp³-hybridized carbons (Fsp3) is 0.174. The lowest BCUT2D eigenvalue weighted by Crippen LogP contribution is -2.20. The van der Waals surface area contributed by atoms with Crippen molar-refractivity contribution in [2.45, 2.75) is 19.8 Å². The number of nitrogens with two attached hydrogens (primary N) is 1. The topological polar surface area (TPSA) is 137 Å². The van der Waals surface area contributed by atoms with Gasteiger partial charge in [0.05, 0.1) is 30.2 Å². The van der Waals surface area contributed by atoms with E-state index in [0.717, 1.165) is 5.69 Å². The second-order valence-corrected chi connectivity index (χ2v) is 7.61. The van der Waals surface area contributed by atoms with Gasteiger partial charge in [0.1, 0.15) is 17.6 Å². The number of ether oxygens (including phenoxy) is 1. The third-order valence-corrected chi connectivity index (χ3v) is 5.06. The number of rotatable bonds is 6. The van der Waals surface area contributed by atoms with E-state index in [1.54, 1.807) is 40.9 Å². The predicted molar refractivity (Wildman–Crippen MR) is 125 cm³/mol. The molecule has 0 unspecified atom stereocenters. The zero-order valence-corrected chi connectivity index (χ0v) is 18.4. The van der Waals surface area contributed by atoms with Gasteiger partial charge in [-0.15, -0.1) is 0 Å². The fourth-order valence-corrected chi connectivity index (χ4v) is 3.50. The standard InChI is InChI=1S/C23H23N7O3/c1-13(2)18-9-16(20-22(24)26-12-27-30(18)20)21(31)14-8-15(11-25-10-14)28-23(32)29-17-6-4-5-7-19(17)33-3/h4-13H,1-3H3,(H2,24,26,27)(H2,28,29,32). The van der Waals surface area contributed by atoms with Crippen LogP contribution in [0.2, 0.25) is 0 Å². The number of para-hydroxylation sites is 2. The number of nitrogens with zero attached hydrogens (tertiary/aromatic N) is 4. The summed E-state index contributed by atoms with van der Waals surface area (Å²) in [6.45, 7) is 4.00. The molecule has 10 heteroatoms. The maximum absolute atomic E-state index is 13.4. The van der Waals surface area contributed by atoms with Crippen molar-refractivity contribution in [1.82, 2.24) is 19.6 Å². The summed E-state index contributed by atoms with van der Waals surface area (Å²) in [5.74, 6) is 0.537. The third kappa shape index (κ3) is 4.31. The summed E-state index contributed by atoms with van der Waals surface area (Å²) < 4.78 is 6.87. The Bertz CT molecular complexity index is 1350. The summed E-state index contributed by atoms with van der Waals surface area (Å²) in [6.07, 6.45) is 4.24. The molecule has 0 aliphatic carbocycles. The minimum atomic E-state index is -0.500. The van der Waals surface area contributed by atoms with Gasteiger partial charge in [-0.25, -0.2) is 14.3 Å². The molecule has 4 N–H and O–H groups in total. The molecule has 3 heterocycles. The Balaban J connectivity index is 1.61. The molecule has 0 aliphatic rings. The number of carbonyl (C=O) groups excluding carboxylic acids is 2. The van der Waals surface area contributed by atoms with E-state index < -0.39 is 6.03 Å². The van der Waals surface area contributed by atoms with Gasteiger partial charge >= 0.3 is 6.03 Å². The van der Waals surface area contributed by atoms with Crippen molar-refractivity contribution in [2.75, 3.05) is 23.5 Å². The number of pyridine rings is 1. The molecule has 2 amide bonds. The number of hydrogen-bond acceptors (Lipinski definition) is 7. The van der Waals surface area contributed by atoms with E-state index in [4.69, 9.17) is 10.5 Å². The second-order valence-electron chi connectivity index (χ2n) is 7.61. The van der Waals surface area contributed by atoms with E-state index in [2.05, 4.69) is 25.7 Å². The van der Waals surface area contributed by atoms with Gasteiger partial charge in [-0.05, 0) is 30.2 Å². The van der Waals surface area contributed by atoms with Crippen LogP contribution in [0.4, 0.5) is 22.0 Å². The van der Waals surface area contributed by atoms with Gasteiger partial charge < -0.3 is 21.1 Å². The van der Waals surface area contributed by atoms with Crippen LogP contribution in [0.25, 0.3) is 5.52 Å². The maximum Gasteiger partial charge on any atom is 0.323 e. The van der Waals surface area contributed by atoms with Crippen LogP contribution < -0.4 is 21.1 Å². The molecule has 33 heavy (non-hydrogen) atoms. The quantitative estimate of drug-likeness (QED) is 0.385. The molecular formula is C23H23N7O3. The molecule has 10 nitrogen and oxygen atoms in total. The van der Waals surface area contributed by atoms with Crippen molar-refractivity contribution >= 4 is 34.5 Å². The van der Waals surface area contributed by atoms with Crippen LogP contribution in [0.5, 0.6) is 5.75 Å². The van der Waals surface area contributed by atoms with Crippen LogP contribution in [-0.4, -0.2) is 38.5 Å². The molecule has 0 radical (unpaired) electrons. The van der Waals surface area contributed by atoms with Crippen LogP contribution in [0.15, 0.2) is 55.1 Å². The summed E-state index contributed by atoms with van der Waals surface area (Å²) in [6, 6.07) is 9.85. The minimum Gasteiger partial charge on any atom is -0.495 e. The minimum absolute atomic E-state index is 0.109. The normalized spacial score (nSPS) is 10.9. The zero-order valence-electron chi connectivity index (χ0n) is 18.4. The van der Waals surface area contributed by atoms with E-state index in [-0.39, 0.29) is 23.1 Å². The van der Waals surface area contributed by atoms with Gasteiger partial charge in [0.2, 0.25) is 0 Å². The molecule has 3 aromatic heterocycles. The number of urea groups is 1. The summed E-state index contributed by atoms with van der Waals surface area (Å²) >= 11 is 0. The number of nitrogens with one attached hydrogen (secondary N) is 2. The first-order valence-corrected chi connectivity index (χ1v) is 10.2. The molecule has 1 aromatic carbocycles. The molecule has 0 aliphatic heterocycles. The van der Waals surface area contributed by atoms with Gasteiger partial charge in [-0.3, -0.25) is 9.78 Å². The Kier molecular flexibility index (Phi) is 5.90. The van der Waals surface area contributed by atoms with Crippen molar-refractivity contribution < 1.29 is 14.3 Å². The van der Waals surface area contributed by atoms with Crippen LogP contribution in [0, 0.1) is 0 Å².